The minimum absolute atomic E-state index is 0.0285. The summed E-state index contributed by atoms with van der Waals surface area (Å²) in [5.41, 5.74) is 7.86. The van der Waals surface area contributed by atoms with Gasteiger partial charge in [0.05, 0.1) is 0 Å². The lowest BCUT2D eigenvalue weighted by Crippen LogP contribution is -2.48. The quantitative estimate of drug-likeness (QED) is 0.452. The summed E-state index contributed by atoms with van der Waals surface area (Å²) in [5.74, 6) is -0.805. The number of nitrogens with one attached hydrogen (secondary N) is 3. The summed E-state index contributed by atoms with van der Waals surface area (Å²) >= 11 is 10.9. The van der Waals surface area contributed by atoms with Crippen LogP contribution in [0.5, 0.6) is 0 Å². The number of halogens is 1. The molecule has 0 saturated heterocycles. The van der Waals surface area contributed by atoms with Gasteiger partial charge in [-0.1, -0.05) is 60.1 Å². The van der Waals surface area contributed by atoms with Crippen LogP contribution in [0.2, 0.25) is 5.02 Å². The van der Waals surface area contributed by atoms with Crippen molar-refractivity contribution >= 4 is 40.7 Å². The van der Waals surface area contributed by atoms with Crippen molar-refractivity contribution in [3.05, 3.63) is 95.0 Å². The molecule has 0 unspecified atom stereocenters. The molecule has 5 nitrogen and oxygen atoms in total. The number of carbonyl (C=O) groups excluding carboxylic acids is 2. The molecule has 0 aliphatic rings. The van der Waals surface area contributed by atoms with Crippen LogP contribution >= 0.6 is 23.8 Å². The molecule has 2 amide bonds. The van der Waals surface area contributed by atoms with E-state index < -0.39 is 5.91 Å². The highest BCUT2D eigenvalue weighted by Gasteiger charge is 2.10. The summed E-state index contributed by atoms with van der Waals surface area (Å²) in [5, 5.41) is 2.88. The number of hydrogen-bond acceptors (Lipinski definition) is 3. The van der Waals surface area contributed by atoms with Gasteiger partial charge >= 0.3 is 0 Å². The van der Waals surface area contributed by atoms with Crippen molar-refractivity contribution in [3.63, 3.8) is 0 Å². The van der Waals surface area contributed by atoms with Gasteiger partial charge < -0.3 is 0 Å². The molecule has 3 aromatic carbocycles. The van der Waals surface area contributed by atoms with Gasteiger partial charge in [-0.3, -0.25) is 25.8 Å². The third-order valence-electron chi connectivity index (χ3n) is 3.86. The smallest absolute Gasteiger partial charge is 0.269 e. The maximum absolute atomic E-state index is 12.2. The Bertz CT molecular complexity index is 1010. The molecule has 0 aliphatic heterocycles. The second-order valence-corrected chi connectivity index (χ2v) is 6.66. The molecular formula is C21H16ClN3O2S. The number of carbonyl (C=O) groups is 2. The Morgan fingerprint density at radius 1 is 0.714 bits per heavy atom. The standard InChI is InChI=1S/C21H16ClN3O2S/c22-18-8-4-7-17(13-18)19(26)23-21(28)25-24-20(27)16-11-9-15(10-12-16)14-5-2-1-3-6-14/h1-13H,(H,24,27)(H2,23,25,26,28). The van der Waals surface area contributed by atoms with Crippen LogP contribution in [0.4, 0.5) is 0 Å². The molecule has 0 aliphatic carbocycles. The predicted molar refractivity (Wildman–Crippen MR) is 114 cm³/mol. The Morgan fingerprint density at radius 2 is 1.39 bits per heavy atom. The van der Waals surface area contributed by atoms with Crippen molar-refractivity contribution in [3.8, 4) is 11.1 Å². The first-order valence-electron chi connectivity index (χ1n) is 8.35. The zero-order chi connectivity index (χ0) is 19.9. The number of hydrazine groups is 1. The molecule has 0 bridgehead atoms. The summed E-state index contributed by atoms with van der Waals surface area (Å²) < 4.78 is 0. The van der Waals surface area contributed by atoms with Crippen molar-refractivity contribution in [1.29, 1.82) is 0 Å². The van der Waals surface area contributed by atoms with Gasteiger partial charge in [0.2, 0.25) is 0 Å². The lowest BCUT2D eigenvalue weighted by atomic mass is 10.0. The summed E-state index contributed by atoms with van der Waals surface area (Å²) in [6, 6.07) is 23.5. The Kier molecular flexibility index (Phi) is 6.37. The van der Waals surface area contributed by atoms with E-state index in [1.165, 1.54) is 6.07 Å². The first kappa shape index (κ1) is 19.5. The SMILES string of the molecule is O=C(NNC(=S)NC(=O)c1cccc(Cl)c1)c1ccc(-c2ccccc2)cc1. The van der Waals surface area contributed by atoms with E-state index in [0.29, 0.717) is 16.1 Å². The molecule has 28 heavy (non-hydrogen) atoms. The monoisotopic (exact) mass is 409 g/mol. The zero-order valence-corrected chi connectivity index (χ0v) is 16.2. The lowest BCUT2D eigenvalue weighted by molar-refractivity contribution is 0.0934. The fourth-order valence-corrected chi connectivity index (χ4v) is 2.80. The fourth-order valence-electron chi connectivity index (χ4n) is 2.47. The van der Waals surface area contributed by atoms with Gasteiger partial charge in [0.1, 0.15) is 0 Å². The van der Waals surface area contributed by atoms with Crippen LogP contribution in [0.1, 0.15) is 20.7 Å². The van der Waals surface area contributed by atoms with Gasteiger partial charge in [0, 0.05) is 16.1 Å². The van der Waals surface area contributed by atoms with Gasteiger partial charge in [-0.15, -0.1) is 0 Å². The lowest BCUT2D eigenvalue weighted by Gasteiger charge is -2.11. The number of thiocarbonyl (C=S) groups is 1. The van der Waals surface area contributed by atoms with Crippen LogP contribution in [0.15, 0.2) is 78.9 Å². The molecule has 0 spiro atoms. The molecule has 7 heteroatoms. The maximum Gasteiger partial charge on any atom is 0.269 e. The Labute approximate surface area is 172 Å². The molecule has 0 fully saturated rings. The summed E-state index contributed by atoms with van der Waals surface area (Å²) in [4.78, 5) is 24.3. The fraction of sp³-hybridized carbons (Fsp3) is 0. The minimum atomic E-state index is -0.429. The van der Waals surface area contributed by atoms with E-state index in [9.17, 15) is 9.59 Å². The maximum atomic E-state index is 12.2. The number of hydrogen-bond donors (Lipinski definition) is 3. The third kappa shape index (κ3) is 5.16. The molecule has 0 heterocycles. The van der Waals surface area contributed by atoms with Crippen LogP contribution in [0, 0.1) is 0 Å². The molecule has 140 valence electrons. The first-order valence-corrected chi connectivity index (χ1v) is 9.14. The van der Waals surface area contributed by atoms with Crippen molar-refractivity contribution < 1.29 is 9.59 Å². The summed E-state index contributed by atoms with van der Waals surface area (Å²) in [7, 11) is 0. The first-order chi connectivity index (χ1) is 13.5. The van der Waals surface area contributed by atoms with Crippen molar-refractivity contribution in [2.45, 2.75) is 0 Å². The van der Waals surface area contributed by atoms with E-state index in [1.807, 2.05) is 42.5 Å². The van der Waals surface area contributed by atoms with Crippen molar-refractivity contribution in [2.24, 2.45) is 0 Å². The Morgan fingerprint density at radius 3 is 2.07 bits per heavy atom. The van der Waals surface area contributed by atoms with E-state index in [4.69, 9.17) is 23.8 Å². The average Bonchev–Trinajstić information content (AvgIpc) is 2.73. The van der Waals surface area contributed by atoms with Gasteiger partial charge in [-0.05, 0) is 53.7 Å². The zero-order valence-electron chi connectivity index (χ0n) is 14.6. The van der Waals surface area contributed by atoms with E-state index in [2.05, 4.69) is 16.2 Å². The highest BCUT2D eigenvalue weighted by atomic mass is 35.5. The average molecular weight is 410 g/mol. The van der Waals surface area contributed by atoms with E-state index in [0.717, 1.165) is 11.1 Å². The van der Waals surface area contributed by atoms with Crippen LogP contribution in [-0.2, 0) is 0 Å². The van der Waals surface area contributed by atoms with Crippen molar-refractivity contribution in [2.75, 3.05) is 0 Å². The molecule has 0 saturated carbocycles. The summed E-state index contributed by atoms with van der Waals surface area (Å²) in [6.07, 6.45) is 0. The normalized spacial score (nSPS) is 10.0. The third-order valence-corrected chi connectivity index (χ3v) is 4.30. The van der Waals surface area contributed by atoms with Gasteiger partial charge in [0.25, 0.3) is 11.8 Å². The number of rotatable bonds is 3. The second kappa shape index (κ2) is 9.12. The van der Waals surface area contributed by atoms with Crippen molar-refractivity contribution in [1.82, 2.24) is 16.2 Å². The van der Waals surface area contributed by atoms with Gasteiger partial charge in [-0.2, -0.15) is 0 Å². The Hall–Kier alpha value is -3.22. The van der Waals surface area contributed by atoms with Gasteiger partial charge in [0.15, 0.2) is 5.11 Å². The summed E-state index contributed by atoms with van der Waals surface area (Å²) in [6.45, 7) is 0. The predicted octanol–water partition coefficient (Wildman–Crippen LogP) is 3.96. The highest BCUT2D eigenvalue weighted by Crippen LogP contribution is 2.19. The Balaban J connectivity index is 1.53. The van der Waals surface area contributed by atoms with Crippen LogP contribution < -0.4 is 16.2 Å². The van der Waals surface area contributed by atoms with E-state index >= 15 is 0 Å². The van der Waals surface area contributed by atoms with Crippen LogP contribution in [0.25, 0.3) is 11.1 Å². The minimum Gasteiger partial charge on any atom is -0.298 e. The number of benzene rings is 3. The molecule has 3 N–H and O–H groups in total. The molecule has 3 rings (SSSR count). The van der Waals surface area contributed by atoms with Crippen LogP contribution in [0.3, 0.4) is 0 Å². The topological polar surface area (TPSA) is 70.2 Å². The van der Waals surface area contributed by atoms with Crippen LogP contribution in [-0.4, -0.2) is 16.9 Å². The molecular weight excluding hydrogens is 394 g/mol. The molecule has 0 aromatic heterocycles. The molecule has 0 atom stereocenters. The van der Waals surface area contributed by atoms with E-state index in [1.54, 1.807) is 30.3 Å². The number of amides is 2. The van der Waals surface area contributed by atoms with Gasteiger partial charge in [-0.25, -0.2) is 0 Å². The second-order valence-electron chi connectivity index (χ2n) is 5.82. The largest absolute Gasteiger partial charge is 0.298 e. The van der Waals surface area contributed by atoms with E-state index in [-0.39, 0.29) is 11.0 Å². The molecule has 3 aromatic rings. The molecule has 0 radical (unpaired) electrons. The highest BCUT2D eigenvalue weighted by molar-refractivity contribution is 7.80.